The standard InChI is InChI=1S/C27H24BrN3O2/c1-19-10-11-20(2)31(19)25-14-12-22(13-15-25)27(32)30-29-17-23-7-3-4-9-26(23)33-18-21-6-5-8-24(28)16-21/h3-17H,18H2,1-2H3,(H,30,32). The van der Waals surface area contributed by atoms with E-state index in [1.165, 1.54) is 0 Å². The van der Waals surface area contributed by atoms with Crippen LogP contribution in [0.2, 0.25) is 0 Å². The quantitative estimate of drug-likeness (QED) is 0.242. The lowest BCUT2D eigenvalue weighted by Crippen LogP contribution is -2.17. The van der Waals surface area contributed by atoms with Crippen molar-refractivity contribution in [2.75, 3.05) is 0 Å². The zero-order valence-electron chi connectivity index (χ0n) is 18.5. The lowest BCUT2D eigenvalue weighted by molar-refractivity contribution is 0.0955. The molecule has 0 aliphatic rings. The maximum atomic E-state index is 12.5. The van der Waals surface area contributed by atoms with Gasteiger partial charge in [0.1, 0.15) is 12.4 Å². The summed E-state index contributed by atoms with van der Waals surface area (Å²) in [7, 11) is 0. The summed E-state index contributed by atoms with van der Waals surface area (Å²) >= 11 is 3.47. The molecule has 0 saturated carbocycles. The van der Waals surface area contributed by atoms with Crippen molar-refractivity contribution in [2.24, 2.45) is 5.10 Å². The van der Waals surface area contributed by atoms with Crippen LogP contribution in [0.25, 0.3) is 5.69 Å². The minimum absolute atomic E-state index is 0.272. The van der Waals surface area contributed by atoms with Crippen LogP contribution < -0.4 is 10.2 Å². The van der Waals surface area contributed by atoms with Crippen molar-refractivity contribution in [2.45, 2.75) is 20.5 Å². The highest BCUT2D eigenvalue weighted by atomic mass is 79.9. The van der Waals surface area contributed by atoms with Crippen LogP contribution in [0.1, 0.15) is 32.9 Å². The van der Waals surface area contributed by atoms with E-state index in [-0.39, 0.29) is 5.91 Å². The number of hydrazone groups is 1. The second-order valence-corrected chi connectivity index (χ2v) is 8.57. The Balaban J connectivity index is 1.39. The fourth-order valence-corrected chi connectivity index (χ4v) is 4.02. The normalized spacial score (nSPS) is 11.0. The third-order valence-corrected chi connectivity index (χ3v) is 5.72. The molecule has 5 nitrogen and oxygen atoms in total. The number of carbonyl (C=O) groups excluding carboxylic acids is 1. The van der Waals surface area contributed by atoms with E-state index in [1.54, 1.807) is 18.3 Å². The first kappa shape index (κ1) is 22.6. The molecule has 33 heavy (non-hydrogen) atoms. The van der Waals surface area contributed by atoms with E-state index in [1.807, 2.05) is 60.7 Å². The Kier molecular flexibility index (Phi) is 7.05. The summed E-state index contributed by atoms with van der Waals surface area (Å²) in [5, 5.41) is 4.13. The molecule has 1 N–H and O–H groups in total. The van der Waals surface area contributed by atoms with Gasteiger partial charge in [-0.3, -0.25) is 4.79 Å². The van der Waals surface area contributed by atoms with E-state index < -0.39 is 0 Å². The Morgan fingerprint density at radius 3 is 2.42 bits per heavy atom. The topological polar surface area (TPSA) is 55.6 Å². The summed E-state index contributed by atoms with van der Waals surface area (Å²) in [6, 6.07) is 27.2. The molecule has 1 aromatic heterocycles. The van der Waals surface area contributed by atoms with E-state index in [0.29, 0.717) is 17.9 Å². The summed E-state index contributed by atoms with van der Waals surface area (Å²) in [4.78, 5) is 12.5. The second kappa shape index (κ2) is 10.3. The number of rotatable bonds is 7. The van der Waals surface area contributed by atoms with Gasteiger partial charge < -0.3 is 9.30 Å². The van der Waals surface area contributed by atoms with Crippen LogP contribution in [0.3, 0.4) is 0 Å². The van der Waals surface area contributed by atoms with Gasteiger partial charge in [0.2, 0.25) is 0 Å². The average Bonchev–Trinajstić information content (AvgIpc) is 3.16. The Labute approximate surface area is 201 Å². The molecular weight excluding hydrogens is 478 g/mol. The molecule has 0 unspecified atom stereocenters. The SMILES string of the molecule is Cc1ccc(C)n1-c1ccc(C(=O)NN=Cc2ccccc2OCc2cccc(Br)c2)cc1. The van der Waals surface area contributed by atoms with Crippen LogP contribution in [-0.4, -0.2) is 16.7 Å². The summed E-state index contributed by atoms with van der Waals surface area (Å²) < 4.78 is 9.11. The predicted octanol–water partition coefficient (Wildman–Crippen LogP) is 6.20. The lowest BCUT2D eigenvalue weighted by Gasteiger charge is -2.10. The maximum Gasteiger partial charge on any atom is 0.271 e. The number of aromatic nitrogens is 1. The van der Waals surface area contributed by atoms with Gasteiger partial charge in [0.05, 0.1) is 6.21 Å². The smallest absolute Gasteiger partial charge is 0.271 e. The van der Waals surface area contributed by atoms with Crippen molar-refractivity contribution < 1.29 is 9.53 Å². The number of amides is 1. The van der Waals surface area contributed by atoms with E-state index in [4.69, 9.17) is 4.74 Å². The molecule has 0 atom stereocenters. The third kappa shape index (κ3) is 5.59. The minimum atomic E-state index is -0.272. The number of benzene rings is 3. The van der Waals surface area contributed by atoms with Crippen molar-refractivity contribution in [1.29, 1.82) is 0 Å². The van der Waals surface area contributed by atoms with Crippen molar-refractivity contribution >= 4 is 28.1 Å². The average molecular weight is 502 g/mol. The van der Waals surface area contributed by atoms with Crippen LogP contribution in [0.15, 0.2) is 94.5 Å². The monoisotopic (exact) mass is 501 g/mol. The van der Waals surface area contributed by atoms with E-state index in [9.17, 15) is 4.79 Å². The van der Waals surface area contributed by atoms with Crippen LogP contribution >= 0.6 is 15.9 Å². The molecule has 4 rings (SSSR count). The van der Waals surface area contributed by atoms with Gasteiger partial charge in [-0.05, 0) is 80.1 Å². The number of nitrogens with zero attached hydrogens (tertiary/aromatic N) is 2. The highest BCUT2D eigenvalue weighted by Gasteiger charge is 2.08. The van der Waals surface area contributed by atoms with Crippen LogP contribution in [0, 0.1) is 13.8 Å². The molecule has 0 aliphatic carbocycles. The fourth-order valence-electron chi connectivity index (χ4n) is 3.57. The molecule has 1 amide bonds. The van der Waals surface area contributed by atoms with E-state index in [0.717, 1.165) is 32.7 Å². The van der Waals surface area contributed by atoms with E-state index >= 15 is 0 Å². The molecule has 0 aliphatic heterocycles. The first-order valence-electron chi connectivity index (χ1n) is 10.6. The molecular formula is C27H24BrN3O2. The number of ether oxygens (including phenoxy) is 1. The molecule has 166 valence electrons. The molecule has 6 heteroatoms. The third-order valence-electron chi connectivity index (χ3n) is 5.23. The van der Waals surface area contributed by atoms with Gasteiger partial charge in [-0.2, -0.15) is 5.10 Å². The number of aryl methyl sites for hydroxylation is 2. The zero-order valence-corrected chi connectivity index (χ0v) is 20.0. The molecule has 3 aromatic carbocycles. The van der Waals surface area contributed by atoms with Gasteiger partial charge in [0.25, 0.3) is 5.91 Å². The number of carbonyl (C=O) groups is 1. The first-order valence-corrected chi connectivity index (χ1v) is 11.4. The fraction of sp³-hybridized carbons (Fsp3) is 0.111. The van der Waals surface area contributed by atoms with Gasteiger partial charge in [0.15, 0.2) is 0 Å². The molecule has 0 fully saturated rings. The Morgan fingerprint density at radius 2 is 1.70 bits per heavy atom. The molecule has 0 radical (unpaired) electrons. The highest BCUT2D eigenvalue weighted by Crippen LogP contribution is 2.19. The van der Waals surface area contributed by atoms with Crippen molar-refractivity contribution in [3.63, 3.8) is 0 Å². The van der Waals surface area contributed by atoms with Gasteiger partial charge in [-0.15, -0.1) is 0 Å². The number of halogens is 1. The first-order chi connectivity index (χ1) is 16.0. The second-order valence-electron chi connectivity index (χ2n) is 7.65. The molecule has 0 bridgehead atoms. The van der Waals surface area contributed by atoms with E-state index in [2.05, 4.69) is 57.0 Å². The minimum Gasteiger partial charge on any atom is -0.488 e. The summed E-state index contributed by atoms with van der Waals surface area (Å²) in [5.74, 6) is 0.420. The molecule has 0 spiro atoms. The molecule has 1 heterocycles. The van der Waals surface area contributed by atoms with Crippen LogP contribution in [-0.2, 0) is 6.61 Å². The highest BCUT2D eigenvalue weighted by molar-refractivity contribution is 9.10. The molecule has 0 saturated heterocycles. The van der Waals surface area contributed by atoms with Crippen molar-refractivity contribution in [1.82, 2.24) is 9.99 Å². The Hall–Kier alpha value is -3.64. The Morgan fingerprint density at radius 1 is 0.970 bits per heavy atom. The van der Waals surface area contributed by atoms with Gasteiger partial charge in [-0.1, -0.05) is 40.2 Å². The van der Waals surface area contributed by atoms with Crippen molar-refractivity contribution in [3.05, 3.63) is 117 Å². The van der Waals surface area contributed by atoms with Gasteiger partial charge >= 0.3 is 0 Å². The van der Waals surface area contributed by atoms with Gasteiger partial charge in [-0.25, -0.2) is 5.43 Å². The van der Waals surface area contributed by atoms with Crippen LogP contribution in [0.5, 0.6) is 5.75 Å². The predicted molar refractivity (Wildman–Crippen MR) is 135 cm³/mol. The maximum absolute atomic E-state index is 12.5. The largest absolute Gasteiger partial charge is 0.488 e. The molecule has 4 aromatic rings. The number of hydrogen-bond donors (Lipinski definition) is 1. The Bertz CT molecular complexity index is 1270. The number of para-hydroxylation sites is 1. The summed E-state index contributed by atoms with van der Waals surface area (Å²) in [5.41, 5.74) is 8.28. The van der Waals surface area contributed by atoms with Crippen LogP contribution in [0.4, 0.5) is 0 Å². The summed E-state index contributed by atoms with van der Waals surface area (Å²) in [6.07, 6.45) is 1.59. The van der Waals surface area contributed by atoms with Crippen molar-refractivity contribution in [3.8, 4) is 11.4 Å². The van der Waals surface area contributed by atoms with Gasteiger partial charge in [0, 0.05) is 32.7 Å². The number of nitrogens with one attached hydrogen (secondary N) is 1. The zero-order chi connectivity index (χ0) is 23.2. The number of hydrogen-bond acceptors (Lipinski definition) is 3. The lowest BCUT2D eigenvalue weighted by atomic mass is 10.2. The summed E-state index contributed by atoms with van der Waals surface area (Å²) in [6.45, 7) is 4.55.